The third-order valence-electron chi connectivity index (χ3n) is 4.37. The minimum atomic E-state index is 0.269. The second-order valence-corrected chi connectivity index (χ2v) is 6.41. The molecule has 3 nitrogen and oxygen atoms in total. The number of Topliss-reactive ketones (excluding diaryl/α,β-unsaturated/α-hetero) is 1. The number of carbonyl (C=O) groups is 1. The zero-order valence-corrected chi connectivity index (χ0v) is 15.9. The van der Waals surface area contributed by atoms with Gasteiger partial charge in [0.25, 0.3) is 0 Å². The molecular formula is C23H30N2O. The lowest BCUT2D eigenvalue weighted by molar-refractivity contribution is 0.0980. The van der Waals surface area contributed by atoms with Gasteiger partial charge in [-0.3, -0.25) is 4.79 Å². The number of aryl methyl sites for hydroxylation is 1. The maximum Gasteiger partial charge on any atom is 0.165 e. The van der Waals surface area contributed by atoms with E-state index in [0.717, 1.165) is 48.8 Å². The van der Waals surface area contributed by atoms with Gasteiger partial charge in [0.2, 0.25) is 0 Å². The van der Waals surface area contributed by atoms with E-state index < -0.39 is 0 Å². The predicted molar refractivity (Wildman–Crippen MR) is 111 cm³/mol. The number of benzene rings is 2. The summed E-state index contributed by atoms with van der Waals surface area (Å²) in [6.07, 6.45) is 5.86. The van der Waals surface area contributed by atoms with Crippen molar-refractivity contribution in [2.24, 2.45) is 7.05 Å². The average molecular weight is 351 g/mol. The van der Waals surface area contributed by atoms with Crippen LogP contribution in [0.5, 0.6) is 0 Å². The van der Waals surface area contributed by atoms with Crippen molar-refractivity contribution in [2.75, 3.05) is 13.1 Å². The molecule has 0 aliphatic carbocycles. The highest BCUT2D eigenvalue weighted by Gasteiger charge is 2.12. The summed E-state index contributed by atoms with van der Waals surface area (Å²) in [5, 5.41) is 4.38. The first-order valence-corrected chi connectivity index (χ1v) is 9.52. The third kappa shape index (κ3) is 6.16. The summed E-state index contributed by atoms with van der Waals surface area (Å²) in [5.74, 6) is 0.269. The van der Waals surface area contributed by atoms with Gasteiger partial charge in [0.05, 0.1) is 0 Å². The van der Waals surface area contributed by atoms with Crippen LogP contribution in [0.3, 0.4) is 0 Å². The van der Waals surface area contributed by atoms with Crippen LogP contribution < -0.4 is 5.32 Å². The zero-order valence-electron chi connectivity index (χ0n) is 15.9. The topological polar surface area (TPSA) is 34.0 Å². The molecule has 0 bridgehead atoms. The molecule has 138 valence electrons. The number of para-hydroxylation sites is 1. The van der Waals surface area contributed by atoms with Crippen molar-refractivity contribution < 1.29 is 4.79 Å². The number of unbranched alkanes of at least 4 members (excludes halogenated alkanes) is 2. The molecule has 0 radical (unpaired) electrons. The molecule has 0 aliphatic heterocycles. The number of aromatic nitrogens is 1. The van der Waals surface area contributed by atoms with Gasteiger partial charge in [0, 0.05) is 36.1 Å². The summed E-state index contributed by atoms with van der Waals surface area (Å²) in [6.45, 7) is 4.19. The van der Waals surface area contributed by atoms with Crippen LogP contribution in [0.2, 0.25) is 0 Å². The highest BCUT2D eigenvalue weighted by atomic mass is 16.1. The van der Waals surface area contributed by atoms with E-state index in [2.05, 4.69) is 18.3 Å². The molecule has 0 atom stereocenters. The van der Waals surface area contributed by atoms with E-state index in [1.807, 2.05) is 72.4 Å². The lowest BCUT2D eigenvalue weighted by Crippen LogP contribution is -2.13. The Bertz CT molecular complexity index is 751. The van der Waals surface area contributed by atoms with Gasteiger partial charge < -0.3 is 9.88 Å². The molecule has 3 heteroatoms. The average Bonchev–Trinajstić information content (AvgIpc) is 3.03. The highest BCUT2D eigenvalue weighted by molar-refractivity contribution is 6.08. The van der Waals surface area contributed by atoms with Gasteiger partial charge in [-0.05, 0) is 32.0 Å². The van der Waals surface area contributed by atoms with E-state index in [9.17, 15) is 4.79 Å². The van der Waals surface area contributed by atoms with Crippen LogP contribution >= 0.6 is 0 Å². The Kier molecular flexibility index (Phi) is 8.64. The third-order valence-corrected chi connectivity index (χ3v) is 4.37. The molecule has 0 aliphatic rings. The Morgan fingerprint density at radius 1 is 0.923 bits per heavy atom. The van der Waals surface area contributed by atoms with Crippen LogP contribution in [-0.4, -0.2) is 23.4 Å². The van der Waals surface area contributed by atoms with Gasteiger partial charge in [0.15, 0.2) is 5.78 Å². The van der Waals surface area contributed by atoms with Gasteiger partial charge >= 0.3 is 0 Å². The van der Waals surface area contributed by atoms with E-state index in [1.165, 1.54) is 0 Å². The molecule has 0 amide bonds. The minimum absolute atomic E-state index is 0.269. The summed E-state index contributed by atoms with van der Waals surface area (Å²) in [4.78, 5) is 12.3. The molecule has 0 unspecified atom stereocenters. The predicted octanol–water partition coefficient (Wildman–Crippen LogP) is 5.22. The second kappa shape index (κ2) is 11.3. The fourth-order valence-electron chi connectivity index (χ4n) is 2.97. The standard InChI is InChI=1S/C17H24N2O.C6H6/c1-3-18-12-8-4-5-11-17(20)15-13-19(2)16-10-7-6-9-14(15)16;1-2-4-6-5-3-1/h6-7,9-10,13,18H,3-5,8,11-12H2,1-2H3;1-6H. The number of rotatable bonds is 8. The Morgan fingerprint density at radius 2 is 1.58 bits per heavy atom. The van der Waals surface area contributed by atoms with Crippen molar-refractivity contribution in [2.45, 2.75) is 32.6 Å². The van der Waals surface area contributed by atoms with Crippen molar-refractivity contribution in [3.63, 3.8) is 0 Å². The number of nitrogens with zero attached hydrogens (tertiary/aromatic N) is 1. The molecule has 1 heterocycles. The van der Waals surface area contributed by atoms with Gasteiger partial charge in [0.1, 0.15) is 0 Å². The van der Waals surface area contributed by atoms with Gasteiger partial charge in [-0.15, -0.1) is 0 Å². The molecule has 1 aromatic heterocycles. The maximum atomic E-state index is 12.3. The lowest BCUT2D eigenvalue weighted by atomic mass is 10.0. The number of nitrogens with one attached hydrogen (secondary N) is 1. The number of carbonyl (C=O) groups excluding carboxylic acids is 1. The summed E-state index contributed by atoms with van der Waals surface area (Å²) in [7, 11) is 2.00. The quantitative estimate of drug-likeness (QED) is 0.446. The van der Waals surface area contributed by atoms with Gasteiger partial charge in [-0.2, -0.15) is 0 Å². The van der Waals surface area contributed by atoms with Crippen LogP contribution in [0.4, 0.5) is 0 Å². The van der Waals surface area contributed by atoms with Crippen molar-refractivity contribution in [1.82, 2.24) is 9.88 Å². The molecule has 0 spiro atoms. The molecule has 2 aromatic carbocycles. The number of hydrogen-bond acceptors (Lipinski definition) is 2. The normalized spacial score (nSPS) is 10.4. The smallest absolute Gasteiger partial charge is 0.165 e. The van der Waals surface area contributed by atoms with Gasteiger partial charge in [-0.25, -0.2) is 0 Å². The lowest BCUT2D eigenvalue weighted by Gasteiger charge is -2.02. The van der Waals surface area contributed by atoms with E-state index in [4.69, 9.17) is 0 Å². The minimum Gasteiger partial charge on any atom is -0.350 e. The summed E-state index contributed by atoms with van der Waals surface area (Å²) in [5.41, 5.74) is 2.00. The number of hydrogen-bond donors (Lipinski definition) is 1. The molecule has 1 N–H and O–H groups in total. The fourth-order valence-corrected chi connectivity index (χ4v) is 2.97. The second-order valence-electron chi connectivity index (χ2n) is 6.41. The Labute approximate surface area is 157 Å². The summed E-state index contributed by atoms with van der Waals surface area (Å²) < 4.78 is 2.04. The molecule has 0 fully saturated rings. The molecule has 3 rings (SSSR count). The largest absolute Gasteiger partial charge is 0.350 e. The van der Waals surface area contributed by atoms with Crippen LogP contribution in [0, 0.1) is 0 Å². The first-order chi connectivity index (χ1) is 12.7. The van der Waals surface area contributed by atoms with Crippen molar-refractivity contribution in [3.8, 4) is 0 Å². The Hall–Kier alpha value is -2.39. The van der Waals surface area contributed by atoms with E-state index in [0.29, 0.717) is 6.42 Å². The Balaban J connectivity index is 0.000000342. The Morgan fingerprint density at radius 3 is 2.23 bits per heavy atom. The first kappa shape index (κ1) is 19.9. The first-order valence-electron chi connectivity index (χ1n) is 9.52. The molecule has 0 saturated heterocycles. The molecular weight excluding hydrogens is 320 g/mol. The monoisotopic (exact) mass is 350 g/mol. The number of ketones is 1. The number of fused-ring (bicyclic) bond motifs is 1. The van der Waals surface area contributed by atoms with Gasteiger partial charge in [-0.1, -0.05) is 67.9 Å². The fraction of sp³-hybridized carbons (Fsp3) is 0.348. The van der Waals surface area contributed by atoms with E-state index >= 15 is 0 Å². The molecule has 0 saturated carbocycles. The van der Waals surface area contributed by atoms with Crippen LogP contribution in [0.15, 0.2) is 66.9 Å². The maximum absolute atomic E-state index is 12.3. The SMILES string of the molecule is CCNCCCCCC(=O)c1cn(C)c2ccccc12.c1ccccc1. The zero-order chi connectivity index (χ0) is 18.6. The van der Waals surface area contributed by atoms with E-state index in [1.54, 1.807) is 0 Å². The molecule has 3 aromatic rings. The van der Waals surface area contributed by atoms with Crippen molar-refractivity contribution in [1.29, 1.82) is 0 Å². The van der Waals surface area contributed by atoms with Crippen LogP contribution in [0.25, 0.3) is 10.9 Å². The summed E-state index contributed by atoms with van der Waals surface area (Å²) in [6, 6.07) is 20.1. The molecule has 26 heavy (non-hydrogen) atoms. The summed E-state index contributed by atoms with van der Waals surface area (Å²) >= 11 is 0. The van der Waals surface area contributed by atoms with Crippen molar-refractivity contribution in [3.05, 3.63) is 72.4 Å². The van der Waals surface area contributed by atoms with Crippen LogP contribution in [0.1, 0.15) is 43.0 Å². The highest BCUT2D eigenvalue weighted by Crippen LogP contribution is 2.22. The van der Waals surface area contributed by atoms with Crippen molar-refractivity contribution >= 4 is 16.7 Å². The van der Waals surface area contributed by atoms with E-state index in [-0.39, 0.29) is 5.78 Å². The van der Waals surface area contributed by atoms with Crippen LogP contribution in [-0.2, 0) is 7.05 Å².